The van der Waals surface area contributed by atoms with Gasteiger partial charge in [0.2, 0.25) is 0 Å². The molecule has 0 amide bonds. The van der Waals surface area contributed by atoms with E-state index >= 15 is 0 Å². The molecule has 2 aromatic rings. The third-order valence-corrected chi connectivity index (χ3v) is 5.99. The first-order chi connectivity index (χ1) is 12.7. The summed E-state index contributed by atoms with van der Waals surface area (Å²) in [6, 6.07) is 9.23. The smallest absolute Gasteiger partial charge is 0.326 e. The molecule has 0 N–H and O–H groups in total. The quantitative estimate of drug-likeness (QED) is 0.341. The van der Waals surface area contributed by atoms with Gasteiger partial charge >= 0.3 is 5.97 Å². The van der Waals surface area contributed by atoms with Gasteiger partial charge in [0.05, 0.1) is 22.2 Å². The Hall–Kier alpha value is -2.17. The lowest BCUT2D eigenvalue weighted by molar-refractivity contribution is -0.387. The summed E-state index contributed by atoms with van der Waals surface area (Å²) in [5.41, 5.74) is -0.620. The van der Waals surface area contributed by atoms with Gasteiger partial charge in [-0.3, -0.25) is 19.2 Å². The van der Waals surface area contributed by atoms with Crippen molar-refractivity contribution in [2.75, 3.05) is 17.5 Å². The van der Waals surface area contributed by atoms with E-state index in [2.05, 4.69) is 15.9 Å². The number of nitrogens with zero attached hydrogens (tertiary/aromatic N) is 2. The van der Waals surface area contributed by atoms with Crippen molar-refractivity contribution in [2.24, 2.45) is 0 Å². The van der Waals surface area contributed by atoms with Gasteiger partial charge in [0.1, 0.15) is 6.54 Å². The average molecular weight is 478 g/mol. The normalized spacial score (nSPS) is 11.1. The molecule has 0 aromatic heterocycles. The second-order valence-corrected chi connectivity index (χ2v) is 8.29. The molecular formula is C16H14BrClN2O6S. The van der Waals surface area contributed by atoms with Crippen molar-refractivity contribution in [1.82, 2.24) is 0 Å². The number of rotatable bonds is 7. The standard InChI is InChI=1S/C16H14BrClN2O6S/c1-2-26-16(21)10-19(13-8-7-11(17)9-12(13)18)27(24,25)15-6-4-3-5-14(15)20(22)23/h3-9H,2,10H2,1H3. The molecule has 0 spiro atoms. The lowest BCUT2D eigenvalue weighted by atomic mass is 10.3. The minimum Gasteiger partial charge on any atom is -0.465 e. The third kappa shape index (κ3) is 4.76. The molecule has 2 aromatic carbocycles. The van der Waals surface area contributed by atoms with E-state index in [1.54, 1.807) is 6.92 Å². The van der Waals surface area contributed by atoms with Gasteiger partial charge in [0, 0.05) is 10.5 Å². The molecule has 0 heterocycles. The molecular weight excluding hydrogens is 464 g/mol. The highest BCUT2D eigenvalue weighted by atomic mass is 79.9. The Morgan fingerprint density at radius 1 is 1.30 bits per heavy atom. The molecule has 0 atom stereocenters. The predicted molar refractivity (Wildman–Crippen MR) is 103 cm³/mol. The highest BCUT2D eigenvalue weighted by Gasteiger charge is 2.34. The fourth-order valence-corrected chi connectivity index (χ4v) is 4.67. The predicted octanol–water partition coefficient (Wildman–Crippen LogP) is 3.77. The number of hydrogen-bond acceptors (Lipinski definition) is 6. The summed E-state index contributed by atoms with van der Waals surface area (Å²) in [6.45, 7) is 0.932. The number of esters is 1. The van der Waals surface area contributed by atoms with Crippen LogP contribution in [0.25, 0.3) is 0 Å². The van der Waals surface area contributed by atoms with Crippen LogP contribution >= 0.6 is 27.5 Å². The SMILES string of the molecule is CCOC(=O)CN(c1ccc(Br)cc1Cl)S(=O)(=O)c1ccccc1[N+](=O)[O-]. The molecule has 0 saturated carbocycles. The number of benzene rings is 2. The van der Waals surface area contributed by atoms with Crippen molar-refractivity contribution < 1.29 is 22.9 Å². The fourth-order valence-electron chi connectivity index (χ4n) is 2.25. The Balaban J connectivity index is 2.65. The molecule has 0 radical (unpaired) electrons. The molecule has 8 nitrogen and oxygen atoms in total. The molecule has 0 saturated heterocycles. The molecule has 144 valence electrons. The average Bonchev–Trinajstić information content (AvgIpc) is 2.60. The van der Waals surface area contributed by atoms with Crippen molar-refractivity contribution in [1.29, 1.82) is 0 Å². The van der Waals surface area contributed by atoms with Gasteiger partial charge in [-0.2, -0.15) is 0 Å². The van der Waals surface area contributed by atoms with Crippen LogP contribution in [0.5, 0.6) is 0 Å². The van der Waals surface area contributed by atoms with Gasteiger partial charge in [-0.1, -0.05) is 39.7 Å². The van der Waals surface area contributed by atoms with Crippen molar-refractivity contribution in [3.63, 3.8) is 0 Å². The van der Waals surface area contributed by atoms with E-state index in [0.717, 1.165) is 12.1 Å². The molecule has 0 unspecified atom stereocenters. The zero-order valence-electron chi connectivity index (χ0n) is 14.0. The number of carbonyl (C=O) groups excluding carboxylic acids is 1. The zero-order chi connectivity index (χ0) is 20.2. The summed E-state index contributed by atoms with van der Waals surface area (Å²) in [5.74, 6) is -0.821. The summed E-state index contributed by atoms with van der Waals surface area (Å²) in [6.07, 6.45) is 0. The van der Waals surface area contributed by atoms with Crippen molar-refractivity contribution >= 4 is 54.9 Å². The minimum absolute atomic E-state index is 0.00827. The molecule has 0 aliphatic rings. The van der Waals surface area contributed by atoms with Gasteiger partial charge < -0.3 is 4.74 Å². The first kappa shape index (κ1) is 21.1. The van der Waals surface area contributed by atoms with Gasteiger partial charge in [-0.05, 0) is 31.2 Å². The van der Waals surface area contributed by atoms with E-state index in [9.17, 15) is 23.3 Å². The van der Waals surface area contributed by atoms with E-state index in [4.69, 9.17) is 16.3 Å². The van der Waals surface area contributed by atoms with Gasteiger partial charge in [-0.15, -0.1) is 0 Å². The van der Waals surface area contributed by atoms with Crippen molar-refractivity contribution in [3.8, 4) is 0 Å². The summed E-state index contributed by atoms with van der Waals surface area (Å²) in [7, 11) is -4.49. The van der Waals surface area contributed by atoms with Gasteiger partial charge in [0.15, 0.2) is 4.90 Å². The Morgan fingerprint density at radius 3 is 2.56 bits per heavy atom. The van der Waals surface area contributed by atoms with Gasteiger partial charge in [-0.25, -0.2) is 8.42 Å². The maximum absolute atomic E-state index is 13.2. The van der Waals surface area contributed by atoms with Gasteiger partial charge in [0.25, 0.3) is 15.7 Å². The van der Waals surface area contributed by atoms with Crippen LogP contribution in [0.3, 0.4) is 0 Å². The first-order valence-corrected chi connectivity index (χ1v) is 10.2. The van der Waals surface area contributed by atoms with E-state index in [1.807, 2.05) is 0 Å². The number of nitro groups is 1. The summed E-state index contributed by atoms with van der Waals surface area (Å²) >= 11 is 9.37. The second kappa shape index (κ2) is 8.68. The number of sulfonamides is 1. The van der Waals surface area contributed by atoms with Crippen LogP contribution in [-0.4, -0.2) is 32.5 Å². The highest BCUT2D eigenvalue weighted by molar-refractivity contribution is 9.10. The molecule has 27 heavy (non-hydrogen) atoms. The summed E-state index contributed by atoms with van der Waals surface area (Å²) in [5, 5.41) is 11.3. The Kier molecular flexibility index (Phi) is 6.79. The van der Waals surface area contributed by atoms with E-state index in [1.165, 1.54) is 30.3 Å². The van der Waals surface area contributed by atoms with E-state index in [0.29, 0.717) is 8.78 Å². The number of halogens is 2. The molecule has 0 aliphatic carbocycles. The first-order valence-electron chi connectivity index (χ1n) is 7.55. The third-order valence-electron chi connectivity index (χ3n) is 3.39. The Labute approximate surface area is 169 Å². The number of nitro benzene ring substituents is 1. The van der Waals surface area contributed by atoms with Crippen molar-refractivity contribution in [3.05, 3.63) is 62.1 Å². The number of anilines is 1. The van der Waals surface area contributed by atoms with E-state index in [-0.39, 0.29) is 17.3 Å². The number of hydrogen-bond donors (Lipinski definition) is 0. The fraction of sp³-hybridized carbons (Fsp3) is 0.188. The van der Waals surface area contributed by atoms with Crippen LogP contribution in [0.2, 0.25) is 5.02 Å². The number of para-hydroxylation sites is 1. The van der Waals surface area contributed by atoms with Crippen LogP contribution in [0.1, 0.15) is 6.92 Å². The van der Waals surface area contributed by atoms with Crippen LogP contribution in [0, 0.1) is 10.1 Å². The maximum Gasteiger partial charge on any atom is 0.326 e. The Bertz CT molecular complexity index is 983. The molecule has 11 heteroatoms. The molecule has 0 bridgehead atoms. The van der Waals surface area contributed by atoms with Crippen molar-refractivity contribution in [2.45, 2.75) is 11.8 Å². The molecule has 0 fully saturated rings. The van der Waals surface area contributed by atoms with E-state index < -0.39 is 38.0 Å². The maximum atomic E-state index is 13.2. The number of carbonyl (C=O) groups is 1. The Morgan fingerprint density at radius 2 is 1.96 bits per heavy atom. The monoisotopic (exact) mass is 476 g/mol. The lowest BCUT2D eigenvalue weighted by Crippen LogP contribution is -2.37. The zero-order valence-corrected chi connectivity index (χ0v) is 17.1. The van der Waals surface area contributed by atoms with Crippen LogP contribution in [-0.2, 0) is 19.6 Å². The van der Waals surface area contributed by atoms with Crippen LogP contribution in [0.15, 0.2) is 51.8 Å². The molecule has 2 rings (SSSR count). The lowest BCUT2D eigenvalue weighted by Gasteiger charge is -2.24. The molecule has 0 aliphatic heterocycles. The summed E-state index contributed by atoms with van der Waals surface area (Å²) < 4.78 is 32.5. The van der Waals surface area contributed by atoms with Crippen LogP contribution in [0.4, 0.5) is 11.4 Å². The second-order valence-electron chi connectivity index (χ2n) is 5.14. The highest BCUT2D eigenvalue weighted by Crippen LogP contribution is 2.35. The number of ether oxygens (including phenoxy) is 1. The topological polar surface area (TPSA) is 107 Å². The summed E-state index contributed by atoms with van der Waals surface area (Å²) in [4.78, 5) is 21.9. The minimum atomic E-state index is -4.49. The van der Waals surface area contributed by atoms with Crippen LogP contribution < -0.4 is 4.31 Å². The largest absolute Gasteiger partial charge is 0.465 e.